The fraction of sp³-hybridized carbons (Fsp3) is 0.0870. The third-order valence-corrected chi connectivity index (χ3v) is 6.21. The van der Waals surface area contributed by atoms with Crippen molar-refractivity contribution < 1.29 is 8.42 Å². The van der Waals surface area contributed by atoms with Gasteiger partial charge in [-0.05, 0) is 41.0 Å². The number of nitrogens with one attached hydrogen (secondary N) is 2. The van der Waals surface area contributed by atoms with Crippen LogP contribution in [-0.2, 0) is 9.84 Å². The van der Waals surface area contributed by atoms with Crippen LogP contribution in [0, 0.1) is 0 Å². The van der Waals surface area contributed by atoms with Crippen LogP contribution in [0.25, 0.3) is 11.3 Å². The molecule has 1 heterocycles. The third-order valence-electron chi connectivity index (χ3n) is 4.86. The number of sulfone groups is 1. The first-order valence-corrected chi connectivity index (χ1v) is 11.5. The Labute approximate surface area is 176 Å². The van der Waals surface area contributed by atoms with Gasteiger partial charge in [0.2, 0.25) is 0 Å². The van der Waals surface area contributed by atoms with Crippen molar-refractivity contribution in [1.82, 2.24) is 10.6 Å². The number of hydrogen-bond acceptors (Lipinski definition) is 3. The van der Waals surface area contributed by atoms with Crippen molar-refractivity contribution in [3.8, 4) is 0 Å². The first-order chi connectivity index (χ1) is 13.9. The molecule has 4 nitrogen and oxygen atoms in total. The Hall–Kier alpha value is -2.96. The molecule has 1 unspecified atom stereocenters. The van der Waals surface area contributed by atoms with Gasteiger partial charge in [0.05, 0.1) is 16.6 Å². The van der Waals surface area contributed by atoms with Crippen molar-refractivity contribution in [2.45, 2.75) is 10.9 Å². The first-order valence-electron chi connectivity index (χ1n) is 9.16. The molecule has 1 atom stereocenters. The summed E-state index contributed by atoms with van der Waals surface area (Å²) in [6.07, 6.45) is 1.21. The monoisotopic (exact) mass is 420 g/mol. The summed E-state index contributed by atoms with van der Waals surface area (Å²) in [5.74, 6) is 0. The Morgan fingerprint density at radius 3 is 1.97 bits per heavy atom. The van der Waals surface area contributed by atoms with Crippen LogP contribution in [0.3, 0.4) is 0 Å². The van der Waals surface area contributed by atoms with Crippen LogP contribution in [0.4, 0.5) is 0 Å². The highest BCUT2D eigenvalue weighted by atomic mass is 32.2. The van der Waals surface area contributed by atoms with Gasteiger partial charge >= 0.3 is 0 Å². The summed E-state index contributed by atoms with van der Waals surface area (Å²) in [6, 6.07) is 27.0. The molecule has 2 N–H and O–H groups in total. The summed E-state index contributed by atoms with van der Waals surface area (Å²) in [7, 11) is -3.26. The van der Waals surface area contributed by atoms with Gasteiger partial charge in [-0.15, -0.1) is 0 Å². The summed E-state index contributed by atoms with van der Waals surface area (Å²) in [6.45, 7) is 0. The molecule has 146 valence electrons. The first kappa shape index (κ1) is 19.4. The zero-order chi connectivity index (χ0) is 20.4. The fourth-order valence-electron chi connectivity index (χ4n) is 3.49. The smallest absolute Gasteiger partial charge is 0.175 e. The lowest BCUT2D eigenvalue weighted by Gasteiger charge is -2.33. The number of thiocarbonyl (C=S) groups is 1. The van der Waals surface area contributed by atoms with E-state index >= 15 is 0 Å². The molecule has 0 radical (unpaired) electrons. The second-order valence-corrected chi connectivity index (χ2v) is 9.32. The van der Waals surface area contributed by atoms with Gasteiger partial charge in [0.1, 0.15) is 0 Å². The molecule has 3 aromatic carbocycles. The van der Waals surface area contributed by atoms with E-state index in [2.05, 4.69) is 34.9 Å². The van der Waals surface area contributed by atoms with Crippen LogP contribution in [-0.4, -0.2) is 19.8 Å². The van der Waals surface area contributed by atoms with Crippen LogP contribution < -0.4 is 10.6 Å². The van der Waals surface area contributed by atoms with E-state index in [1.54, 1.807) is 12.1 Å². The highest BCUT2D eigenvalue weighted by Crippen LogP contribution is 2.37. The van der Waals surface area contributed by atoms with E-state index in [4.69, 9.17) is 12.2 Å². The molecule has 3 aromatic rings. The predicted molar refractivity (Wildman–Crippen MR) is 121 cm³/mol. The van der Waals surface area contributed by atoms with Crippen molar-refractivity contribution >= 4 is 38.4 Å². The summed E-state index contributed by atoms with van der Waals surface area (Å²) in [5, 5.41) is 7.20. The van der Waals surface area contributed by atoms with Gasteiger partial charge in [0, 0.05) is 11.8 Å². The molecule has 0 aliphatic carbocycles. The molecule has 6 heteroatoms. The third kappa shape index (κ3) is 4.09. The minimum absolute atomic E-state index is 0.128. The maximum absolute atomic E-state index is 11.8. The molecule has 0 spiro atoms. The Morgan fingerprint density at radius 2 is 1.38 bits per heavy atom. The summed E-state index contributed by atoms with van der Waals surface area (Å²) in [4.78, 5) is 0.291. The van der Waals surface area contributed by atoms with Crippen LogP contribution in [0.1, 0.15) is 22.7 Å². The zero-order valence-corrected chi connectivity index (χ0v) is 17.4. The average Bonchev–Trinajstić information content (AvgIpc) is 2.74. The Balaban J connectivity index is 1.92. The minimum Gasteiger partial charge on any atom is -0.351 e. The second kappa shape index (κ2) is 7.81. The lowest BCUT2D eigenvalue weighted by Crippen LogP contribution is -2.42. The van der Waals surface area contributed by atoms with Crippen LogP contribution in [0.15, 0.2) is 89.8 Å². The van der Waals surface area contributed by atoms with Crippen molar-refractivity contribution in [2.75, 3.05) is 6.26 Å². The molecular weight excluding hydrogens is 400 g/mol. The minimum atomic E-state index is -3.26. The Morgan fingerprint density at radius 1 is 0.793 bits per heavy atom. The van der Waals surface area contributed by atoms with Crippen LogP contribution in [0.5, 0.6) is 0 Å². The van der Waals surface area contributed by atoms with Gasteiger partial charge in [-0.3, -0.25) is 0 Å². The normalized spacial score (nSPS) is 16.9. The van der Waals surface area contributed by atoms with Gasteiger partial charge in [-0.25, -0.2) is 8.42 Å². The van der Waals surface area contributed by atoms with E-state index in [-0.39, 0.29) is 6.04 Å². The molecule has 0 saturated carbocycles. The molecule has 0 aromatic heterocycles. The zero-order valence-electron chi connectivity index (χ0n) is 15.8. The quantitative estimate of drug-likeness (QED) is 0.620. The highest BCUT2D eigenvalue weighted by molar-refractivity contribution is 7.90. The van der Waals surface area contributed by atoms with E-state index in [1.165, 1.54) is 6.26 Å². The maximum atomic E-state index is 11.8. The van der Waals surface area contributed by atoms with Crippen LogP contribution in [0.2, 0.25) is 0 Å². The predicted octanol–water partition coefficient (Wildman–Crippen LogP) is 4.18. The molecule has 4 rings (SSSR count). The van der Waals surface area contributed by atoms with E-state index in [0.717, 1.165) is 28.0 Å². The Kier molecular flexibility index (Phi) is 5.22. The molecular formula is C23H20N2O2S2. The highest BCUT2D eigenvalue weighted by Gasteiger charge is 2.28. The second-order valence-electron chi connectivity index (χ2n) is 6.89. The van der Waals surface area contributed by atoms with Crippen LogP contribution >= 0.6 is 12.2 Å². The SMILES string of the molecule is CS(=O)(=O)c1ccc(C2=C(c3ccccc3)C(c3ccccc3)NC(=S)N2)cc1. The van der Waals surface area contributed by atoms with E-state index < -0.39 is 9.84 Å². The molecule has 0 fully saturated rings. The van der Waals surface area contributed by atoms with E-state index in [1.807, 2.05) is 48.5 Å². The molecule has 1 aliphatic heterocycles. The standard InChI is InChI=1S/C23H20N2O2S2/c1-29(26,27)19-14-12-18(13-15-19)22-20(16-8-4-2-5-9-16)21(24-23(28)25-22)17-10-6-3-7-11-17/h2-15,21H,1H3,(H2,24,25,28). The van der Waals surface area contributed by atoms with Gasteiger partial charge < -0.3 is 10.6 Å². The number of hydrogen-bond donors (Lipinski definition) is 2. The Bertz CT molecular complexity index is 1170. The largest absolute Gasteiger partial charge is 0.351 e. The van der Waals surface area contributed by atoms with Crippen molar-refractivity contribution in [3.05, 3.63) is 102 Å². The summed E-state index contributed by atoms with van der Waals surface area (Å²) in [5.41, 5.74) is 4.96. The molecule has 1 aliphatic rings. The molecule has 29 heavy (non-hydrogen) atoms. The fourth-order valence-corrected chi connectivity index (χ4v) is 4.34. The topological polar surface area (TPSA) is 58.2 Å². The van der Waals surface area contributed by atoms with E-state index in [9.17, 15) is 8.42 Å². The van der Waals surface area contributed by atoms with Gasteiger partial charge in [0.15, 0.2) is 14.9 Å². The van der Waals surface area contributed by atoms with Crippen molar-refractivity contribution in [1.29, 1.82) is 0 Å². The average molecular weight is 421 g/mol. The van der Waals surface area contributed by atoms with Gasteiger partial charge in [-0.2, -0.15) is 0 Å². The molecule has 0 saturated heterocycles. The lowest BCUT2D eigenvalue weighted by atomic mass is 9.88. The van der Waals surface area contributed by atoms with Gasteiger partial charge in [-0.1, -0.05) is 72.8 Å². The summed E-state index contributed by atoms with van der Waals surface area (Å²) >= 11 is 5.50. The number of benzene rings is 3. The van der Waals surface area contributed by atoms with Crippen molar-refractivity contribution in [3.63, 3.8) is 0 Å². The molecule has 0 bridgehead atoms. The lowest BCUT2D eigenvalue weighted by molar-refractivity contribution is 0.602. The molecule has 0 amide bonds. The number of rotatable bonds is 4. The van der Waals surface area contributed by atoms with Gasteiger partial charge in [0.25, 0.3) is 0 Å². The maximum Gasteiger partial charge on any atom is 0.175 e. The summed E-state index contributed by atoms with van der Waals surface area (Å²) < 4.78 is 23.7. The van der Waals surface area contributed by atoms with E-state index in [0.29, 0.717) is 10.0 Å². The van der Waals surface area contributed by atoms with Crippen molar-refractivity contribution in [2.24, 2.45) is 0 Å².